The molecule has 1 rings (SSSR count). The monoisotopic (exact) mass is 145 g/mol. The number of amides is 1. The molecule has 0 unspecified atom stereocenters. The van der Waals surface area contributed by atoms with E-state index < -0.39 is 0 Å². The van der Waals surface area contributed by atoms with E-state index in [2.05, 4.69) is 0 Å². The Morgan fingerprint density at radius 3 is 2.67 bits per heavy atom. The number of hydrogen-bond acceptors (Lipinski definition) is 2. The van der Waals surface area contributed by atoms with E-state index in [1.54, 1.807) is 16.7 Å². The van der Waals surface area contributed by atoms with Gasteiger partial charge in [-0.15, -0.1) is 0 Å². The topological polar surface area (TPSA) is 20.3 Å². The Labute approximate surface area is 59.6 Å². The van der Waals surface area contributed by atoms with Gasteiger partial charge in [0.25, 0.3) is 0 Å². The second kappa shape index (κ2) is 2.60. The van der Waals surface area contributed by atoms with Gasteiger partial charge < -0.3 is 4.90 Å². The summed E-state index contributed by atoms with van der Waals surface area (Å²) >= 11 is 1.65. The summed E-state index contributed by atoms with van der Waals surface area (Å²) in [6.07, 6.45) is 3.01. The fourth-order valence-corrected chi connectivity index (χ4v) is 1.73. The minimum absolute atomic E-state index is 0.245. The summed E-state index contributed by atoms with van der Waals surface area (Å²) in [6, 6.07) is 0. The Morgan fingerprint density at radius 1 is 1.78 bits per heavy atom. The molecule has 0 spiro atoms. The zero-order valence-corrected chi connectivity index (χ0v) is 6.57. The highest BCUT2D eigenvalue weighted by atomic mass is 32.2. The third-order valence-electron chi connectivity index (χ3n) is 1.66. The predicted octanol–water partition coefficient (Wildman–Crippen LogP) is 0.580. The summed E-state index contributed by atoms with van der Waals surface area (Å²) in [5.74, 6) is 0.294. The van der Waals surface area contributed by atoms with Crippen LogP contribution in [0.1, 0.15) is 6.42 Å². The average molecular weight is 145 g/mol. The average Bonchev–Trinajstić information content (AvgIpc) is 2.15. The van der Waals surface area contributed by atoms with Crippen molar-refractivity contribution in [3.8, 4) is 0 Å². The van der Waals surface area contributed by atoms with E-state index in [4.69, 9.17) is 0 Å². The van der Waals surface area contributed by atoms with Gasteiger partial charge in [0.2, 0.25) is 5.91 Å². The van der Waals surface area contributed by atoms with Crippen LogP contribution in [0.2, 0.25) is 0 Å². The van der Waals surface area contributed by atoms with Gasteiger partial charge in [-0.1, -0.05) is 0 Å². The first kappa shape index (κ1) is 6.93. The molecule has 0 aromatic heterocycles. The molecule has 0 aromatic rings. The Bertz CT molecular complexity index is 126. The molecule has 1 heterocycles. The fraction of sp³-hybridized carbons (Fsp3) is 0.833. The molecule has 1 amide bonds. The molecule has 2 nitrogen and oxygen atoms in total. The number of rotatable bonds is 1. The quantitative estimate of drug-likeness (QED) is 0.538. The van der Waals surface area contributed by atoms with E-state index >= 15 is 0 Å². The van der Waals surface area contributed by atoms with E-state index in [1.165, 1.54) is 0 Å². The third kappa shape index (κ3) is 1.21. The van der Waals surface area contributed by atoms with Crippen molar-refractivity contribution in [3.63, 3.8) is 0 Å². The summed E-state index contributed by atoms with van der Waals surface area (Å²) in [5.41, 5.74) is 0. The van der Waals surface area contributed by atoms with Crippen molar-refractivity contribution in [2.45, 2.75) is 11.7 Å². The maximum Gasteiger partial charge on any atom is 0.235 e. The lowest BCUT2D eigenvalue weighted by Crippen LogP contribution is -2.23. The number of likely N-dealkylation sites (tertiary alicyclic amines) is 1. The number of thioether (sulfide) groups is 1. The van der Waals surface area contributed by atoms with Gasteiger partial charge in [-0.05, 0) is 12.7 Å². The van der Waals surface area contributed by atoms with Crippen LogP contribution < -0.4 is 0 Å². The maximum atomic E-state index is 11.0. The molecule has 0 aromatic carbocycles. The van der Waals surface area contributed by atoms with Crippen molar-refractivity contribution < 1.29 is 4.79 Å². The number of hydrogen-bond donors (Lipinski definition) is 0. The van der Waals surface area contributed by atoms with Crippen LogP contribution in [-0.2, 0) is 4.79 Å². The lowest BCUT2D eigenvalue weighted by Gasteiger charge is -2.06. The third-order valence-corrected chi connectivity index (χ3v) is 2.67. The molecule has 0 radical (unpaired) electrons. The SMILES string of the molecule is CS[C@H]1CCN(C)C1=O. The zero-order valence-electron chi connectivity index (χ0n) is 5.76. The molecule has 0 aliphatic carbocycles. The number of carbonyl (C=O) groups is 1. The summed E-state index contributed by atoms with van der Waals surface area (Å²) in [7, 11) is 1.86. The lowest BCUT2D eigenvalue weighted by molar-refractivity contribution is -0.126. The molecule has 1 fully saturated rings. The van der Waals surface area contributed by atoms with E-state index in [0.717, 1.165) is 13.0 Å². The smallest absolute Gasteiger partial charge is 0.235 e. The van der Waals surface area contributed by atoms with Crippen LogP contribution in [0.3, 0.4) is 0 Å². The van der Waals surface area contributed by atoms with E-state index in [9.17, 15) is 4.79 Å². The molecular weight excluding hydrogens is 134 g/mol. The second-order valence-electron chi connectivity index (χ2n) is 2.27. The molecule has 1 aliphatic rings. The Hall–Kier alpha value is -0.180. The Balaban J connectivity index is 2.51. The van der Waals surface area contributed by atoms with Gasteiger partial charge in [0.1, 0.15) is 0 Å². The normalized spacial score (nSPS) is 27.6. The van der Waals surface area contributed by atoms with Crippen LogP contribution in [0.4, 0.5) is 0 Å². The summed E-state index contributed by atoms with van der Waals surface area (Å²) in [5, 5.41) is 0.245. The largest absolute Gasteiger partial charge is 0.345 e. The molecular formula is C6H11NOS. The highest BCUT2D eigenvalue weighted by molar-refractivity contribution is 7.99. The van der Waals surface area contributed by atoms with E-state index in [-0.39, 0.29) is 5.25 Å². The van der Waals surface area contributed by atoms with Crippen LogP contribution in [0.15, 0.2) is 0 Å². The molecule has 1 aliphatic heterocycles. The summed E-state index contributed by atoms with van der Waals surface area (Å²) in [6.45, 7) is 0.935. The fourth-order valence-electron chi connectivity index (χ4n) is 1.01. The minimum atomic E-state index is 0.245. The van der Waals surface area contributed by atoms with Crippen molar-refractivity contribution in [2.75, 3.05) is 19.8 Å². The van der Waals surface area contributed by atoms with Crippen molar-refractivity contribution in [1.29, 1.82) is 0 Å². The Morgan fingerprint density at radius 2 is 2.44 bits per heavy atom. The second-order valence-corrected chi connectivity index (χ2v) is 3.31. The zero-order chi connectivity index (χ0) is 6.85. The molecule has 0 N–H and O–H groups in total. The van der Waals surface area contributed by atoms with Gasteiger partial charge in [0, 0.05) is 13.6 Å². The van der Waals surface area contributed by atoms with Gasteiger partial charge in [0.05, 0.1) is 5.25 Å². The van der Waals surface area contributed by atoms with Crippen LogP contribution in [-0.4, -0.2) is 35.9 Å². The molecule has 0 bridgehead atoms. The van der Waals surface area contributed by atoms with Crippen LogP contribution >= 0.6 is 11.8 Å². The van der Waals surface area contributed by atoms with Crippen LogP contribution in [0.5, 0.6) is 0 Å². The van der Waals surface area contributed by atoms with Gasteiger partial charge >= 0.3 is 0 Å². The first-order valence-electron chi connectivity index (χ1n) is 3.03. The lowest BCUT2D eigenvalue weighted by atomic mass is 10.4. The molecule has 52 valence electrons. The number of carbonyl (C=O) groups excluding carboxylic acids is 1. The van der Waals surface area contributed by atoms with E-state index in [0.29, 0.717) is 5.91 Å². The standard InChI is InChI=1S/C6H11NOS/c1-7-4-3-5(9-2)6(7)8/h5H,3-4H2,1-2H3/t5-/m0/s1. The molecule has 3 heteroatoms. The van der Waals surface area contributed by atoms with Crippen LogP contribution in [0, 0.1) is 0 Å². The summed E-state index contributed by atoms with van der Waals surface area (Å²) < 4.78 is 0. The summed E-state index contributed by atoms with van der Waals surface area (Å²) in [4.78, 5) is 12.8. The van der Waals surface area contributed by atoms with Crippen molar-refractivity contribution >= 4 is 17.7 Å². The Kier molecular flexibility index (Phi) is 2.01. The first-order chi connectivity index (χ1) is 4.25. The number of nitrogens with zero attached hydrogens (tertiary/aromatic N) is 1. The van der Waals surface area contributed by atoms with Crippen LogP contribution in [0.25, 0.3) is 0 Å². The predicted molar refractivity (Wildman–Crippen MR) is 39.6 cm³/mol. The molecule has 1 saturated heterocycles. The molecule has 1 atom stereocenters. The first-order valence-corrected chi connectivity index (χ1v) is 4.32. The highest BCUT2D eigenvalue weighted by Gasteiger charge is 2.27. The molecule has 0 saturated carbocycles. The van der Waals surface area contributed by atoms with Gasteiger partial charge in [0.15, 0.2) is 0 Å². The highest BCUT2D eigenvalue weighted by Crippen LogP contribution is 2.19. The molecule has 9 heavy (non-hydrogen) atoms. The van der Waals surface area contributed by atoms with Crippen molar-refractivity contribution in [3.05, 3.63) is 0 Å². The van der Waals surface area contributed by atoms with Crippen molar-refractivity contribution in [2.24, 2.45) is 0 Å². The van der Waals surface area contributed by atoms with E-state index in [1.807, 2.05) is 13.3 Å². The maximum absolute atomic E-state index is 11.0. The van der Waals surface area contributed by atoms with Crippen molar-refractivity contribution in [1.82, 2.24) is 4.90 Å². The van der Waals surface area contributed by atoms with Gasteiger partial charge in [-0.25, -0.2) is 0 Å². The van der Waals surface area contributed by atoms with Gasteiger partial charge in [-0.2, -0.15) is 11.8 Å². The minimum Gasteiger partial charge on any atom is -0.345 e. The van der Waals surface area contributed by atoms with Gasteiger partial charge in [-0.3, -0.25) is 4.79 Å².